The molecule has 2 heterocycles. The number of halogens is 1. The van der Waals surface area contributed by atoms with Crippen LogP contribution in [0.25, 0.3) is 10.9 Å². The SMILES string of the molecule is [C-]#[N+]c1c(Nc2cccc(N3CCN(CC)CC3)c2)ncnc1Oc1ccc2c(c1F)C=C(C)C2. The van der Waals surface area contributed by atoms with Crippen LogP contribution in [0.15, 0.2) is 48.3 Å². The van der Waals surface area contributed by atoms with E-state index in [1.165, 1.54) is 6.33 Å². The first-order valence-electron chi connectivity index (χ1n) is 11.8. The predicted octanol–water partition coefficient (Wildman–Crippen LogP) is 5.80. The number of aromatic nitrogens is 2. The molecule has 3 aromatic rings. The molecule has 1 aliphatic heterocycles. The number of likely N-dealkylation sites (N-methyl/N-ethyl adjacent to an activating group) is 1. The lowest BCUT2D eigenvalue weighted by atomic mass is 10.1. The zero-order chi connectivity index (χ0) is 24.4. The number of hydrogen-bond donors (Lipinski definition) is 1. The Morgan fingerprint density at radius 2 is 1.97 bits per heavy atom. The van der Waals surface area contributed by atoms with Crippen molar-refractivity contribution in [3.05, 3.63) is 76.7 Å². The molecule has 1 aromatic heterocycles. The Morgan fingerprint density at radius 1 is 1.14 bits per heavy atom. The van der Waals surface area contributed by atoms with Gasteiger partial charge >= 0.3 is 0 Å². The minimum atomic E-state index is -0.445. The molecule has 35 heavy (non-hydrogen) atoms. The largest absolute Gasteiger partial charge is 0.446 e. The Labute approximate surface area is 204 Å². The minimum absolute atomic E-state index is 0.0156. The van der Waals surface area contributed by atoms with Gasteiger partial charge in [-0.2, -0.15) is 0 Å². The van der Waals surface area contributed by atoms with Crippen molar-refractivity contribution in [2.75, 3.05) is 42.9 Å². The van der Waals surface area contributed by atoms with Crippen LogP contribution in [0.3, 0.4) is 0 Å². The summed E-state index contributed by atoms with van der Waals surface area (Å²) in [4.78, 5) is 16.8. The van der Waals surface area contributed by atoms with Gasteiger partial charge in [-0.1, -0.05) is 30.7 Å². The average molecular weight is 471 g/mol. The number of nitrogens with zero attached hydrogens (tertiary/aromatic N) is 5. The Kier molecular flexibility index (Phi) is 6.34. The van der Waals surface area contributed by atoms with Crippen molar-refractivity contribution in [3.63, 3.8) is 0 Å². The van der Waals surface area contributed by atoms with Gasteiger partial charge in [0.1, 0.15) is 12.1 Å². The summed E-state index contributed by atoms with van der Waals surface area (Å²) < 4.78 is 20.9. The van der Waals surface area contributed by atoms with E-state index in [0.717, 1.165) is 61.7 Å². The third kappa shape index (κ3) is 4.68. The minimum Gasteiger partial charge on any atom is -0.446 e. The van der Waals surface area contributed by atoms with Gasteiger partial charge in [0.05, 0.1) is 6.57 Å². The summed E-state index contributed by atoms with van der Waals surface area (Å²) in [5.41, 5.74) is 4.58. The molecule has 0 radical (unpaired) electrons. The molecule has 7 nitrogen and oxygen atoms in total. The molecular formula is C27H27FN6O. The molecule has 2 aromatic carbocycles. The highest BCUT2D eigenvalue weighted by Gasteiger charge is 2.21. The number of benzene rings is 2. The number of anilines is 3. The molecule has 8 heteroatoms. The van der Waals surface area contributed by atoms with Crippen molar-refractivity contribution in [1.29, 1.82) is 0 Å². The Bertz CT molecular complexity index is 1320. The van der Waals surface area contributed by atoms with Crippen molar-refractivity contribution in [3.8, 4) is 11.6 Å². The maximum absolute atomic E-state index is 15.1. The monoisotopic (exact) mass is 470 g/mol. The second-order valence-corrected chi connectivity index (χ2v) is 8.80. The lowest BCUT2D eigenvalue weighted by Crippen LogP contribution is -2.46. The predicted molar refractivity (Wildman–Crippen MR) is 136 cm³/mol. The van der Waals surface area contributed by atoms with E-state index in [0.29, 0.717) is 11.4 Å². The van der Waals surface area contributed by atoms with Gasteiger partial charge in [-0.15, -0.1) is 0 Å². The molecule has 0 saturated carbocycles. The van der Waals surface area contributed by atoms with E-state index < -0.39 is 5.82 Å². The van der Waals surface area contributed by atoms with Crippen molar-refractivity contribution < 1.29 is 9.13 Å². The van der Waals surface area contributed by atoms with E-state index in [-0.39, 0.29) is 17.3 Å². The molecule has 0 spiro atoms. The first kappa shape index (κ1) is 22.8. The van der Waals surface area contributed by atoms with Crippen molar-refractivity contribution in [1.82, 2.24) is 14.9 Å². The number of allylic oxidation sites excluding steroid dienone is 1. The van der Waals surface area contributed by atoms with Gasteiger partial charge in [0.25, 0.3) is 5.69 Å². The van der Waals surface area contributed by atoms with E-state index >= 15 is 4.39 Å². The summed E-state index contributed by atoms with van der Waals surface area (Å²) in [5.74, 6) is -0.0751. The van der Waals surface area contributed by atoms with Crippen LogP contribution in [0.2, 0.25) is 0 Å². The molecule has 1 N–H and O–H groups in total. The number of piperazine rings is 1. The number of fused-ring (bicyclic) bond motifs is 1. The third-order valence-corrected chi connectivity index (χ3v) is 6.50. The Morgan fingerprint density at radius 3 is 2.74 bits per heavy atom. The standard InChI is InChI=1S/C27H27FN6O/c1-4-33-10-12-34(13-11-33)21-7-5-6-20(16-21)32-26-25(29-3)27(31-17-30-26)35-23-9-8-19-14-18(2)15-22(19)24(23)28/h5-9,15-17H,4,10-14H2,1-2H3,(H,30,31,32). The number of nitrogens with one attached hydrogen (secondary N) is 1. The van der Waals surface area contributed by atoms with Gasteiger partial charge < -0.3 is 19.9 Å². The lowest BCUT2D eigenvalue weighted by Gasteiger charge is -2.35. The molecule has 1 fully saturated rings. The summed E-state index contributed by atoms with van der Waals surface area (Å²) in [7, 11) is 0. The van der Waals surface area contributed by atoms with Crippen molar-refractivity contribution in [2.24, 2.45) is 0 Å². The summed E-state index contributed by atoms with van der Waals surface area (Å²) in [6.07, 6.45) is 3.87. The van der Waals surface area contributed by atoms with Gasteiger partial charge in [0.15, 0.2) is 11.6 Å². The Hall–Kier alpha value is -3.96. The molecule has 0 unspecified atom stereocenters. The normalized spacial score (nSPS) is 15.4. The molecular weight excluding hydrogens is 443 g/mol. The summed E-state index contributed by atoms with van der Waals surface area (Å²) in [6, 6.07) is 11.5. The average Bonchev–Trinajstić information content (AvgIpc) is 3.27. The second-order valence-electron chi connectivity index (χ2n) is 8.80. The van der Waals surface area contributed by atoms with Gasteiger partial charge in [0, 0.05) is 43.1 Å². The zero-order valence-corrected chi connectivity index (χ0v) is 19.9. The van der Waals surface area contributed by atoms with Gasteiger partial charge in [0.2, 0.25) is 5.88 Å². The lowest BCUT2D eigenvalue weighted by molar-refractivity contribution is 0.271. The van der Waals surface area contributed by atoms with Gasteiger partial charge in [-0.25, -0.2) is 19.2 Å². The zero-order valence-electron chi connectivity index (χ0n) is 19.9. The molecule has 0 amide bonds. The highest BCUT2D eigenvalue weighted by molar-refractivity contribution is 5.77. The molecule has 2 aliphatic rings. The summed E-state index contributed by atoms with van der Waals surface area (Å²) >= 11 is 0. The van der Waals surface area contributed by atoms with Crippen LogP contribution < -0.4 is 15.0 Å². The fourth-order valence-electron chi connectivity index (χ4n) is 4.57. The fourth-order valence-corrected chi connectivity index (χ4v) is 4.57. The maximum atomic E-state index is 15.1. The van der Waals surface area contributed by atoms with E-state index in [4.69, 9.17) is 11.3 Å². The highest BCUT2D eigenvalue weighted by Crippen LogP contribution is 2.39. The molecule has 0 bridgehead atoms. The smallest absolute Gasteiger partial charge is 0.288 e. The van der Waals surface area contributed by atoms with Gasteiger partial charge in [-0.3, -0.25) is 0 Å². The first-order valence-corrected chi connectivity index (χ1v) is 11.8. The van der Waals surface area contributed by atoms with Crippen LogP contribution in [0, 0.1) is 12.4 Å². The summed E-state index contributed by atoms with van der Waals surface area (Å²) in [6.45, 7) is 17.0. The fraction of sp³-hybridized carbons (Fsp3) is 0.296. The van der Waals surface area contributed by atoms with Crippen molar-refractivity contribution in [2.45, 2.75) is 20.3 Å². The number of hydrogen-bond acceptors (Lipinski definition) is 6. The van der Waals surface area contributed by atoms with E-state index in [9.17, 15) is 0 Å². The number of ether oxygens (including phenoxy) is 1. The quantitative estimate of drug-likeness (QED) is 0.459. The molecule has 5 rings (SSSR count). The second kappa shape index (κ2) is 9.72. The van der Waals surface area contributed by atoms with Crippen LogP contribution in [-0.4, -0.2) is 47.6 Å². The van der Waals surface area contributed by atoms with Crippen LogP contribution >= 0.6 is 0 Å². The number of rotatable bonds is 6. The molecule has 178 valence electrons. The van der Waals surface area contributed by atoms with E-state index in [1.807, 2.05) is 37.3 Å². The van der Waals surface area contributed by atoms with Crippen molar-refractivity contribution >= 4 is 29.0 Å². The van der Waals surface area contributed by atoms with Gasteiger partial charge in [-0.05, 0) is 49.7 Å². The summed E-state index contributed by atoms with van der Waals surface area (Å²) in [5, 5.41) is 3.23. The molecule has 1 aliphatic carbocycles. The maximum Gasteiger partial charge on any atom is 0.288 e. The van der Waals surface area contributed by atoms with Crippen LogP contribution in [0.4, 0.5) is 27.3 Å². The third-order valence-electron chi connectivity index (χ3n) is 6.50. The topological polar surface area (TPSA) is 57.9 Å². The van der Waals surface area contributed by atoms with Crippen LogP contribution in [0.1, 0.15) is 25.0 Å². The van der Waals surface area contributed by atoms with Crippen LogP contribution in [-0.2, 0) is 6.42 Å². The highest BCUT2D eigenvalue weighted by atomic mass is 19.1. The van der Waals surface area contributed by atoms with E-state index in [2.05, 4.69) is 42.9 Å². The first-order chi connectivity index (χ1) is 17.1. The molecule has 0 atom stereocenters. The van der Waals surface area contributed by atoms with Crippen LogP contribution in [0.5, 0.6) is 11.6 Å². The Balaban J connectivity index is 1.38. The molecule has 1 saturated heterocycles. The van der Waals surface area contributed by atoms with E-state index in [1.54, 1.807) is 6.07 Å².